The lowest BCUT2D eigenvalue weighted by atomic mass is 10.2. The molecule has 0 aliphatic carbocycles. The quantitative estimate of drug-likeness (QED) is 0.376. The van der Waals surface area contributed by atoms with Crippen LogP contribution in [0.25, 0.3) is 10.2 Å². The standard InChI is InChI=1S/C19H16ClF3N4OS2/c1-29-18-25-15(27-6-2-3-7-27)11-9-14(30-17(11)26-18)16(28)24-10-4-5-13(20)12(8-10)19(21,22)23/h4-5,8-9H,2-3,6-7H2,1H3,(H,24,28). The normalized spacial score (nSPS) is 14.5. The molecule has 1 aromatic carbocycles. The molecule has 0 atom stereocenters. The van der Waals surface area contributed by atoms with Gasteiger partial charge in [0.1, 0.15) is 10.6 Å². The summed E-state index contributed by atoms with van der Waals surface area (Å²) in [5.41, 5.74) is -0.977. The molecule has 1 aliphatic rings. The zero-order valence-electron chi connectivity index (χ0n) is 15.7. The van der Waals surface area contributed by atoms with Gasteiger partial charge in [0.25, 0.3) is 5.91 Å². The topological polar surface area (TPSA) is 58.1 Å². The van der Waals surface area contributed by atoms with Crippen LogP contribution in [-0.2, 0) is 6.18 Å². The van der Waals surface area contributed by atoms with Crippen LogP contribution in [-0.4, -0.2) is 35.2 Å². The Hall–Kier alpha value is -2.04. The number of nitrogens with one attached hydrogen (secondary N) is 1. The Kier molecular flexibility index (Phi) is 5.82. The number of hydrogen-bond acceptors (Lipinski definition) is 6. The first-order valence-corrected chi connectivity index (χ1v) is 11.5. The number of fused-ring (bicyclic) bond motifs is 1. The minimum absolute atomic E-state index is 0.0184. The van der Waals surface area contributed by atoms with Gasteiger partial charge in [-0.1, -0.05) is 23.4 Å². The van der Waals surface area contributed by atoms with Crippen LogP contribution in [0.2, 0.25) is 5.02 Å². The van der Waals surface area contributed by atoms with Crippen molar-refractivity contribution in [1.82, 2.24) is 9.97 Å². The van der Waals surface area contributed by atoms with E-state index in [9.17, 15) is 18.0 Å². The van der Waals surface area contributed by atoms with E-state index in [1.54, 1.807) is 6.07 Å². The Balaban J connectivity index is 1.66. The van der Waals surface area contributed by atoms with Gasteiger partial charge in [-0.25, -0.2) is 9.97 Å². The third-order valence-corrected chi connectivity index (χ3v) is 6.60. The first-order valence-electron chi connectivity index (χ1n) is 9.05. The summed E-state index contributed by atoms with van der Waals surface area (Å²) in [4.78, 5) is 25.0. The number of hydrogen-bond donors (Lipinski definition) is 1. The fraction of sp³-hybridized carbons (Fsp3) is 0.316. The Bertz CT molecular complexity index is 1110. The van der Waals surface area contributed by atoms with Crippen molar-refractivity contribution in [2.45, 2.75) is 24.2 Å². The predicted octanol–water partition coefficient (Wildman–Crippen LogP) is 5.94. The van der Waals surface area contributed by atoms with Gasteiger partial charge >= 0.3 is 6.18 Å². The van der Waals surface area contributed by atoms with Gasteiger partial charge in [0.05, 0.1) is 20.8 Å². The van der Waals surface area contributed by atoms with Crippen LogP contribution in [0.3, 0.4) is 0 Å². The zero-order valence-corrected chi connectivity index (χ0v) is 18.1. The summed E-state index contributed by atoms with van der Waals surface area (Å²) >= 11 is 8.25. The lowest BCUT2D eigenvalue weighted by Crippen LogP contribution is -2.19. The molecule has 11 heteroatoms. The first kappa shape index (κ1) is 21.2. The maximum absolute atomic E-state index is 13.1. The number of carbonyl (C=O) groups is 1. The van der Waals surface area contributed by atoms with Crippen LogP contribution in [0, 0.1) is 0 Å². The summed E-state index contributed by atoms with van der Waals surface area (Å²) in [7, 11) is 0. The van der Waals surface area contributed by atoms with E-state index in [0.29, 0.717) is 14.9 Å². The number of amides is 1. The molecule has 2 aromatic heterocycles. The molecule has 30 heavy (non-hydrogen) atoms. The van der Waals surface area contributed by atoms with Crippen LogP contribution in [0.1, 0.15) is 28.1 Å². The van der Waals surface area contributed by atoms with Gasteiger partial charge in [-0.05, 0) is 43.4 Å². The van der Waals surface area contributed by atoms with Gasteiger partial charge in [0.15, 0.2) is 5.16 Å². The van der Waals surface area contributed by atoms with E-state index in [1.807, 2.05) is 6.26 Å². The van der Waals surface area contributed by atoms with Crippen molar-refractivity contribution in [3.63, 3.8) is 0 Å². The van der Waals surface area contributed by atoms with E-state index >= 15 is 0 Å². The van der Waals surface area contributed by atoms with Crippen LogP contribution in [0.4, 0.5) is 24.7 Å². The molecule has 5 nitrogen and oxygen atoms in total. The number of carbonyl (C=O) groups excluding carboxylic acids is 1. The van der Waals surface area contributed by atoms with Crippen LogP contribution in [0.15, 0.2) is 29.4 Å². The smallest absolute Gasteiger partial charge is 0.356 e. The molecule has 1 saturated heterocycles. The average molecular weight is 473 g/mol. The van der Waals surface area contributed by atoms with E-state index in [2.05, 4.69) is 20.2 Å². The second kappa shape index (κ2) is 8.24. The van der Waals surface area contributed by atoms with Crippen molar-refractivity contribution >= 4 is 62.3 Å². The lowest BCUT2D eigenvalue weighted by Gasteiger charge is -2.17. The molecule has 158 valence electrons. The second-order valence-electron chi connectivity index (χ2n) is 6.70. The third-order valence-electron chi connectivity index (χ3n) is 4.69. The summed E-state index contributed by atoms with van der Waals surface area (Å²) in [5.74, 6) is 0.287. The van der Waals surface area contributed by atoms with Gasteiger partial charge < -0.3 is 10.2 Å². The minimum Gasteiger partial charge on any atom is -0.356 e. The molecule has 1 N–H and O–H groups in total. The summed E-state index contributed by atoms with van der Waals surface area (Å²) < 4.78 is 39.2. The van der Waals surface area contributed by atoms with Gasteiger partial charge in [0, 0.05) is 18.8 Å². The average Bonchev–Trinajstić information content (AvgIpc) is 3.37. The van der Waals surface area contributed by atoms with Crippen molar-refractivity contribution < 1.29 is 18.0 Å². The van der Waals surface area contributed by atoms with Crippen molar-refractivity contribution in [3.05, 3.63) is 39.7 Å². The van der Waals surface area contributed by atoms with Crippen molar-refractivity contribution in [2.75, 3.05) is 29.6 Å². The van der Waals surface area contributed by atoms with Crippen LogP contribution in [0.5, 0.6) is 0 Å². The van der Waals surface area contributed by atoms with Gasteiger partial charge in [-0.3, -0.25) is 4.79 Å². The maximum atomic E-state index is 13.1. The van der Waals surface area contributed by atoms with E-state index in [-0.39, 0.29) is 5.69 Å². The Morgan fingerprint density at radius 1 is 1.23 bits per heavy atom. The molecule has 0 bridgehead atoms. The Morgan fingerprint density at radius 3 is 2.63 bits per heavy atom. The Labute approximate surface area is 183 Å². The summed E-state index contributed by atoms with van der Waals surface area (Å²) in [5, 5.41) is 3.49. The number of thiophene rings is 1. The third kappa shape index (κ3) is 4.21. The molecule has 1 aliphatic heterocycles. The molecule has 1 fully saturated rings. The molecular formula is C19H16ClF3N4OS2. The highest BCUT2D eigenvalue weighted by molar-refractivity contribution is 7.98. The zero-order chi connectivity index (χ0) is 21.5. The number of thioether (sulfide) groups is 1. The van der Waals surface area contributed by atoms with E-state index in [4.69, 9.17) is 11.6 Å². The maximum Gasteiger partial charge on any atom is 0.417 e. The van der Waals surface area contributed by atoms with E-state index in [1.165, 1.54) is 29.2 Å². The molecular weight excluding hydrogens is 457 g/mol. The van der Waals surface area contributed by atoms with Crippen LogP contribution < -0.4 is 10.2 Å². The molecule has 0 radical (unpaired) electrons. The van der Waals surface area contributed by atoms with Crippen molar-refractivity contribution in [1.29, 1.82) is 0 Å². The van der Waals surface area contributed by atoms with Crippen molar-refractivity contribution in [3.8, 4) is 0 Å². The number of aromatic nitrogens is 2. The Morgan fingerprint density at radius 2 is 1.97 bits per heavy atom. The number of benzene rings is 1. The highest BCUT2D eigenvalue weighted by Gasteiger charge is 2.33. The van der Waals surface area contributed by atoms with Gasteiger partial charge in [-0.15, -0.1) is 11.3 Å². The van der Waals surface area contributed by atoms with E-state index < -0.39 is 22.7 Å². The molecule has 3 heterocycles. The number of nitrogens with zero attached hydrogens (tertiary/aromatic N) is 3. The predicted molar refractivity (Wildman–Crippen MR) is 115 cm³/mol. The highest BCUT2D eigenvalue weighted by Crippen LogP contribution is 2.37. The molecule has 3 aromatic rings. The lowest BCUT2D eigenvalue weighted by molar-refractivity contribution is -0.137. The molecule has 1 amide bonds. The van der Waals surface area contributed by atoms with E-state index in [0.717, 1.165) is 49.3 Å². The van der Waals surface area contributed by atoms with Gasteiger partial charge in [0.2, 0.25) is 0 Å². The summed E-state index contributed by atoms with van der Waals surface area (Å²) in [6, 6.07) is 4.99. The first-order chi connectivity index (χ1) is 14.3. The molecule has 4 rings (SSSR count). The molecule has 0 unspecified atom stereocenters. The monoisotopic (exact) mass is 472 g/mol. The summed E-state index contributed by atoms with van der Waals surface area (Å²) in [6.45, 7) is 1.78. The van der Waals surface area contributed by atoms with Crippen molar-refractivity contribution in [2.24, 2.45) is 0 Å². The number of rotatable bonds is 4. The molecule has 0 spiro atoms. The minimum atomic E-state index is -4.61. The molecule has 0 saturated carbocycles. The number of anilines is 2. The number of halogens is 4. The second-order valence-corrected chi connectivity index (χ2v) is 8.92. The van der Waals surface area contributed by atoms with Gasteiger partial charge in [-0.2, -0.15) is 13.2 Å². The fourth-order valence-electron chi connectivity index (χ4n) is 3.27. The SMILES string of the molecule is CSc1nc(N2CCCC2)c2cc(C(=O)Nc3ccc(Cl)c(C(F)(F)F)c3)sc2n1. The fourth-order valence-corrected chi connectivity index (χ4v) is 4.84. The summed E-state index contributed by atoms with van der Waals surface area (Å²) in [6.07, 6.45) is -0.565. The van der Waals surface area contributed by atoms with Crippen LogP contribution >= 0.6 is 34.7 Å². The highest BCUT2D eigenvalue weighted by atomic mass is 35.5. The number of alkyl halides is 3. The largest absolute Gasteiger partial charge is 0.417 e.